The van der Waals surface area contributed by atoms with Gasteiger partial charge in [-0.2, -0.15) is 0 Å². The number of carbonyl (C=O) groups is 1. The van der Waals surface area contributed by atoms with E-state index < -0.39 is 0 Å². The van der Waals surface area contributed by atoms with E-state index in [1.54, 1.807) is 0 Å². The molecule has 0 bridgehead atoms. The first-order chi connectivity index (χ1) is 10.1. The van der Waals surface area contributed by atoms with Gasteiger partial charge in [0.15, 0.2) is 5.82 Å². The molecule has 1 saturated carbocycles. The van der Waals surface area contributed by atoms with Gasteiger partial charge in [0.25, 0.3) is 5.91 Å². The quantitative estimate of drug-likeness (QED) is 0.826. The summed E-state index contributed by atoms with van der Waals surface area (Å²) in [6, 6.07) is 0. The van der Waals surface area contributed by atoms with Crippen molar-refractivity contribution in [1.29, 1.82) is 0 Å². The minimum atomic E-state index is -0.357. The summed E-state index contributed by atoms with van der Waals surface area (Å²) in [4.78, 5) is 14.3. The number of carbonyl (C=O) groups excluding carboxylic acids is 1. The van der Waals surface area contributed by atoms with Gasteiger partial charge in [-0.15, -0.1) is 10.2 Å². The van der Waals surface area contributed by atoms with Crippen LogP contribution in [0.1, 0.15) is 51.2 Å². The minimum absolute atomic E-state index is 0.0657. The van der Waals surface area contributed by atoms with E-state index >= 15 is 0 Å². The summed E-state index contributed by atoms with van der Waals surface area (Å²) >= 11 is 0. The normalized spacial score (nSPS) is 19.7. The van der Waals surface area contributed by atoms with Crippen molar-refractivity contribution in [2.45, 2.75) is 58.7 Å². The van der Waals surface area contributed by atoms with Crippen molar-refractivity contribution < 1.29 is 9.53 Å². The molecule has 1 amide bonds. The van der Waals surface area contributed by atoms with Gasteiger partial charge in [-0.3, -0.25) is 4.79 Å². The number of nitrogens with zero attached hydrogens (tertiary/aromatic N) is 4. The molecule has 3 rings (SSSR count). The van der Waals surface area contributed by atoms with Crippen molar-refractivity contribution in [2.75, 3.05) is 13.2 Å². The summed E-state index contributed by atoms with van der Waals surface area (Å²) < 4.78 is 7.82. The number of fused-ring (bicyclic) bond motifs is 1. The molecule has 21 heavy (non-hydrogen) atoms. The van der Waals surface area contributed by atoms with Crippen LogP contribution < -0.4 is 0 Å². The maximum atomic E-state index is 12.4. The summed E-state index contributed by atoms with van der Waals surface area (Å²) in [6.45, 7) is 8.82. The molecular formula is C15H24N4O2. The Kier molecular flexibility index (Phi) is 3.97. The molecule has 0 spiro atoms. The molecule has 2 heterocycles. The van der Waals surface area contributed by atoms with Gasteiger partial charge in [0, 0.05) is 19.0 Å². The van der Waals surface area contributed by atoms with E-state index in [2.05, 4.69) is 28.6 Å². The molecule has 1 atom stereocenters. The fourth-order valence-corrected chi connectivity index (χ4v) is 2.69. The molecule has 2 aliphatic rings. The highest BCUT2D eigenvalue weighted by molar-refractivity contribution is 5.80. The molecule has 1 unspecified atom stereocenters. The van der Waals surface area contributed by atoms with Crippen molar-refractivity contribution in [3.63, 3.8) is 0 Å². The van der Waals surface area contributed by atoms with E-state index in [9.17, 15) is 4.79 Å². The van der Waals surface area contributed by atoms with E-state index in [1.807, 2.05) is 11.8 Å². The average molecular weight is 292 g/mol. The summed E-state index contributed by atoms with van der Waals surface area (Å²) in [6.07, 6.45) is 2.13. The molecule has 116 valence electrons. The number of hydrogen-bond donors (Lipinski definition) is 0. The van der Waals surface area contributed by atoms with Gasteiger partial charge in [0.05, 0.1) is 13.2 Å². The second-order valence-corrected chi connectivity index (χ2v) is 6.46. The van der Waals surface area contributed by atoms with Crippen LogP contribution in [-0.2, 0) is 22.6 Å². The lowest BCUT2D eigenvalue weighted by Gasteiger charge is -2.30. The second kappa shape index (κ2) is 5.75. The third-order valence-corrected chi connectivity index (χ3v) is 4.24. The molecule has 1 aliphatic heterocycles. The molecule has 6 nitrogen and oxygen atoms in total. The lowest BCUT2D eigenvalue weighted by molar-refractivity contribution is -0.144. The first kappa shape index (κ1) is 14.5. The number of aromatic nitrogens is 3. The second-order valence-electron chi connectivity index (χ2n) is 6.46. The molecule has 1 aromatic heterocycles. The number of rotatable bonds is 5. The van der Waals surface area contributed by atoms with Crippen molar-refractivity contribution in [3.05, 3.63) is 11.6 Å². The third-order valence-electron chi connectivity index (χ3n) is 4.24. The van der Waals surface area contributed by atoms with Gasteiger partial charge in [-0.05, 0) is 25.7 Å². The Morgan fingerprint density at radius 2 is 2.05 bits per heavy atom. The first-order valence-electron chi connectivity index (χ1n) is 7.88. The number of ether oxygens (including phenoxy) is 1. The fraction of sp³-hybridized carbons (Fsp3) is 0.800. The monoisotopic (exact) mass is 292 g/mol. The van der Waals surface area contributed by atoms with Crippen LogP contribution in [0.15, 0.2) is 0 Å². The number of hydrogen-bond acceptors (Lipinski definition) is 4. The molecule has 1 fully saturated rings. The van der Waals surface area contributed by atoms with Crippen LogP contribution in [0.2, 0.25) is 0 Å². The SMILES string of the molecule is CC(OCC1CC1)C(=O)N1CCn2c(nnc2C(C)C)C1. The Bertz CT molecular complexity index is 522. The largest absolute Gasteiger partial charge is 0.368 e. The van der Waals surface area contributed by atoms with Gasteiger partial charge in [0.1, 0.15) is 11.9 Å². The van der Waals surface area contributed by atoms with Gasteiger partial charge < -0.3 is 14.2 Å². The van der Waals surface area contributed by atoms with E-state index in [1.165, 1.54) is 12.8 Å². The van der Waals surface area contributed by atoms with E-state index in [0.29, 0.717) is 31.5 Å². The summed E-state index contributed by atoms with van der Waals surface area (Å²) in [5, 5.41) is 8.48. The zero-order valence-corrected chi connectivity index (χ0v) is 13.1. The summed E-state index contributed by atoms with van der Waals surface area (Å²) in [5.41, 5.74) is 0. The van der Waals surface area contributed by atoms with Crippen LogP contribution in [0.25, 0.3) is 0 Å². The summed E-state index contributed by atoms with van der Waals surface area (Å²) in [5.74, 6) is 2.99. The standard InChI is InChI=1S/C15H24N4O2/c1-10(2)14-17-16-13-8-18(6-7-19(13)14)15(20)11(3)21-9-12-4-5-12/h10-12H,4-9H2,1-3H3. The van der Waals surface area contributed by atoms with Crippen molar-refractivity contribution in [3.8, 4) is 0 Å². The van der Waals surface area contributed by atoms with Gasteiger partial charge in [0.2, 0.25) is 0 Å². The van der Waals surface area contributed by atoms with Gasteiger partial charge in [-0.1, -0.05) is 13.8 Å². The van der Waals surface area contributed by atoms with Crippen LogP contribution in [0.5, 0.6) is 0 Å². The van der Waals surface area contributed by atoms with Crippen molar-refractivity contribution in [2.24, 2.45) is 5.92 Å². The lowest BCUT2D eigenvalue weighted by Crippen LogP contribution is -2.44. The molecule has 1 aromatic rings. The zero-order valence-electron chi connectivity index (χ0n) is 13.1. The average Bonchev–Trinajstić information content (AvgIpc) is 3.20. The van der Waals surface area contributed by atoms with Crippen molar-refractivity contribution in [1.82, 2.24) is 19.7 Å². The third kappa shape index (κ3) is 3.10. The first-order valence-corrected chi connectivity index (χ1v) is 7.88. The molecular weight excluding hydrogens is 268 g/mol. The molecule has 0 N–H and O–H groups in total. The summed E-state index contributed by atoms with van der Waals surface area (Å²) in [7, 11) is 0. The van der Waals surface area contributed by atoms with Crippen molar-refractivity contribution >= 4 is 5.91 Å². The molecule has 1 aliphatic carbocycles. The number of amides is 1. The smallest absolute Gasteiger partial charge is 0.251 e. The highest BCUT2D eigenvalue weighted by Crippen LogP contribution is 2.29. The lowest BCUT2D eigenvalue weighted by atomic mass is 10.2. The zero-order chi connectivity index (χ0) is 15.0. The Hall–Kier alpha value is -1.43. The Balaban J connectivity index is 1.61. The highest BCUT2D eigenvalue weighted by atomic mass is 16.5. The topological polar surface area (TPSA) is 60.2 Å². The fourth-order valence-electron chi connectivity index (χ4n) is 2.69. The molecule has 6 heteroatoms. The van der Waals surface area contributed by atoms with Crippen LogP contribution in [-0.4, -0.2) is 44.8 Å². The minimum Gasteiger partial charge on any atom is -0.368 e. The van der Waals surface area contributed by atoms with Gasteiger partial charge in [-0.25, -0.2) is 0 Å². The van der Waals surface area contributed by atoms with E-state index in [0.717, 1.165) is 18.2 Å². The van der Waals surface area contributed by atoms with Crippen LogP contribution in [0.3, 0.4) is 0 Å². The highest BCUT2D eigenvalue weighted by Gasteiger charge is 2.29. The van der Waals surface area contributed by atoms with E-state index in [4.69, 9.17) is 4.74 Å². The Labute approximate surface area is 125 Å². The molecule has 0 saturated heterocycles. The van der Waals surface area contributed by atoms with Crippen LogP contribution >= 0.6 is 0 Å². The predicted octanol–water partition coefficient (Wildman–Crippen LogP) is 1.56. The predicted molar refractivity (Wildman–Crippen MR) is 77.7 cm³/mol. The molecule has 0 aromatic carbocycles. The van der Waals surface area contributed by atoms with Crippen LogP contribution in [0, 0.1) is 5.92 Å². The van der Waals surface area contributed by atoms with E-state index in [-0.39, 0.29) is 12.0 Å². The maximum Gasteiger partial charge on any atom is 0.251 e. The Morgan fingerprint density at radius 3 is 2.71 bits per heavy atom. The Morgan fingerprint density at radius 1 is 1.29 bits per heavy atom. The van der Waals surface area contributed by atoms with Gasteiger partial charge >= 0.3 is 0 Å². The maximum absolute atomic E-state index is 12.4. The van der Waals surface area contributed by atoms with Crippen LogP contribution in [0.4, 0.5) is 0 Å². The molecule has 0 radical (unpaired) electrons.